The maximum atomic E-state index is 5.60. The van der Waals surface area contributed by atoms with Gasteiger partial charge in [-0.25, -0.2) is 0 Å². The zero-order chi connectivity index (χ0) is 21.9. The summed E-state index contributed by atoms with van der Waals surface area (Å²) in [5, 5.41) is 13.8. The summed E-state index contributed by atoms with van der Waals surface area (Å²) in [5.74, 6) is 2.74. The number of rotatable bonds is 7. The summed E-state index contributed by atoms with van der Waals surface area (Å²) in [4.78, 5) is 4.59. The van der Waals surface area contributed by atoms with Gasteiger partial charge in [0, 0.05) is 11.1 Å². The van der Waals surface area contributed by atoms with Crippen molar-refractivity contribution >= 4 is 11.8 Å². The van der Waals surface area contributed by atoms with E-state index in [1.807, 2.05) is 61.5 Å². The molecule has 0 aliphatic carbocycles. The van der Waals surface area contributed by atoms with Crippen molar-refractivity contribution in [3.8, 4) is 22.8 Å². The third-order valence-electron chi connectivity index (χ3n) is 5.10. The van der Waals surface area contributed by atoms with Crippen molar-refractivity contribution in [2.75, 3.05) is 0 Å². The van der Waals surface area contributed by atoms with E-state index in [-0.39, 0.29) is 5.25 Å². The fourth-order valence-corrected chi connectivity index (χ4v) is 4.29. The molecule has 3 heterocycles. The van der Waals surface area contributed by atoms with Crippen LogP contribution in [0.3, 0.4) is 0 Å². The maximum Gasteiger partial charge on any atom is 0.240 e. The van der Waals surface area contributed by atoms with Crippen LogP contribution in [0, 0.1) is 6.92 Å². The average molecular weight is 444 g/mol. The number of thioether (sulfide) groups is 1. The van der Waals surface area contributed by atoms with Gasteiger partial charge in [-0.3, -0.25) is 4.57 Å². The third kappa shape index (κ3) is 4.09. The van der Waals surface area contributed by atoms with Crippen molar-refractivity contribution in [1.82, 2.24) is 24.9 Å². The Bertz CT molecular complexity index is 1310. The Morgan fingerprint density at radius 2 is 1.78 bits per heavy atom. The molecule has 160 valence electrons. The summed E-state index contributed by atoms with van der Waals surface area (Å²) < 4.78 is 13.2. The van der Waals surface area contributed by atoms with E-state index in [9.17, 15) is 0 Å². The lowest BCUT2D eigenvalue weighted by atomic mass is 10.1. The number of aryl methyl sites for hydroxylation is 1. The highest BCUT2D eigenvalue weighted by atomic mass is 32.2. The lowest BCUT2D eigenvalue weighted by Gasteiger charge is -2.11. The highest BCUT2D eigenvalue weighted by Crippen LogP contribution is 2.36. The van der Waals surface area contributed by atoms with Gasteiger partial charge >= 0.3 is 0 Å². The van der Waals surface area contributed by atoms with Crippen LogP contribution in [0.5, 0.6) is 0 Å². The van der Waals surface area contributed by atoms with Gasteiger partial charge < -0.3 is 8.94 Å². The van der Waals surface area contributed by atoms with E-state index in [0.29, 0.717) is 18.3 Å². The highest BCUT2D eigenvalue weighted by molar-refractivity contribution is 7.99. The van der Waals surface area contributed by atoms with E-state index >= 15 is 0 Å². The fraction of sp³-hybridized carbons (Fsp3) is 0.167. The minimum atomic E-state index is -0.107. The summed E-state index contributed by atoms with van der Waals surface area (Å²) >= 11 is 1.53. The second-order valence-electron chi connectivity index (χ2n) is 7.37. The van der Waals surface area contributed by atoms with Crippen molar-refractivity contribution in [1.29, 1.82) is 0 Å². The monoisotopic (exact) mass is 443 g/mol. The smallest absolute Gasteiger partial charge is 0.240 e. The molecule has 0 bridgehead atoms. The molecule has 0 spiro atoms. The van der Waals surface area contributed by atoms with E-state index in [1.165, 1.54) is 11.8 Å². The number of hydrogen-bond donors (Lipinski definition) is 0. The summed E-state index contributed by atoms with van der Waals surface area (Å²) in [7, 11) is 0. The molecule has 7 nitrogen and oxygen atoms in total. The molecule has 2 aromatic carbocycles. The number of nitrogens with zero attached hydrogens (tertiary/aromatic N) is 5. The summed E-state index contributed by atoms with van der Waals surface area (Å²) in [5.41, 5.74) is 3.09. The molecule has 3 aromatic heterocycles. The van der Waals surface area contributed by atoms with Crippen LogP contribution >= 0.6 is 11.8 Å². The zero-order valence-electron chi connectivity index (χ0n) is 17.7. The van der Waals surface area contributed by atoms with Gasteiger partial charge in [0.15, 0.2) is 11.0 Å². The topological polar surface area (TPSA) is 82.8 Å². The van der Waals surface area contributed by atoms with Crippen LogP contribution in [0.1, 0.15) is 29.4 Å². The summed E-state index contributed by atoms with van der Waals surface area (Å²) in [6.07, 6.45) is 1.67. The molecule has 0 aliphatic heterocycles. The Kier molecular flexibility index (Phi) is 5.60. The van der Waals surface area contributed by atoms with E-state index < -0.39 is 0 Å². The highest BCUT2D eigenvalue weighted by Gasteiger charge is 2.23. The molecule has 0 amide bonds. The Hall–Kier alpha value is -3.65. The SMILES string of the molecule is Cc1ccccc1-c1nnc(SC(C)c2nc(-c3ccccc3)no2)n1Cc1ccco1. The Labute approximate surface area is 189 Å². The zero-order valence-corrected chi connectivity index (χ0v) is 18.5. The molecule has 32 heavy (non-hydrogen) atoms. The van der Waals surface area contributed by atoms with Crippen LogP contribution in [0.4, 0.5) is 0 Å². The lowest BCUT2D eigenvalue weighted by Crippen LogP contribution is -2.05. The van der Waals surface area contributed by atoms with Crippen molar-refractivity contribution < 1.29 is 8.94 Å². The molecule has 0 aliphatic rings. The molecular formula is C24H21N5O2S. The molecule has 5 rings (SSSR count). The standard InChI is InChI=1S/C24H21N5O2S/c1-16-9-6-7-13-20(16)22-26-27-24(29(22)15-19-12-8-14-30-19)32-17(2)23-25-21(28-31-23)18-10-4-3-5-11-18/h3-14,17H,15H2,1-2H3. The second-order valence-corrected chi connectivity index (χ2v) is 8.68. The lowest BCUT2D eigenvalue weighted by molar-refractivity contribution is 0.380. The fourth-order valence-electron chi connectivity index (χ4n) is 3.41. The Balaban J connectivity index is 1.46. The first-order valence-corrected chi connectivity index (χ1v) is 11.1. The van der Waals surface area contributed by atoms with Crippen LogP contribution < -0.4 is 0 Å². The number of furan rings is 1. The molecular weight excluding hydrogens is 422 g/mol. The molecule has 0 saturated heterocycles. The molecule has 5 aromatic rings. The van der Waals surface area contributed by atoms with Gasteiger partial charge in [0.1, 0.15) is 5.76 Å². The second kappa shape index (κ2) is 8.84. The van der Waals surface area contributed by atoms with Gasteiger partial charge in [0.05, 0.1) is 18.1 Å². The van der Waals surface area contributed by atoms with Crippen LogP contribution in [-0.2, 0) is 6.54 Å². The number of benzene rings is 2. The van der Waals surface area contributed by atoms with Gasteiger partial charge in [-0.1, -0.05) is 71.5 Å². The third-order valence-corrected chi connectivity index (χ3v) is 6.17. The molecule has 0 saturated carbocycles. The van der Waals surface area contributed by atoms with Crippen molar-refractivity contribution in [3.63, 3.8) is 0 Å². The Morgan fingerprint density at radius 3 is 2.56 bits per heavy atom. The first-order chi connectivity index (χ1) is 15.7. The molecule has 0 fully saturated rings. The predicted molar refractivity (Wildman–Crippen MR) is 122 cm³/mol. The Morgan fingerprint density at radius 1 is 0.969 bits per heavy atom. The van der Waals surface area contributed by atoms with Crippen LogP contribution in [0.25, 0.3) is 22.8 Å². The van der Waals surface area contributed by atoms with Crippen LogP contribution in [0.15, 0.2) is 87.1 Å². The van der Waals surface area contributed by atoms with E-state index in [0.717, 1.165) is 33.4 Å². The molecule has 8 heteroatoms. The number of hydrogen-bond acceptors (Lipinski definition) is 7. The van der Waals surface area contributed by atoms with E-state index in [4.69, 9.17) is 8.94 Å². The average Bonchev–Trinajstić information content (AvgIpc) is 3.58. The van der Waals surface area contributed by atoms with Crippen LogP contribution in [-0.4, -0.2) is 24.9 Å². The maximum absolute atomic E-state index is 5.60. The molecule has 1 unspecified atom stereocenters. The predicted octanol–water partition coefficient (Wildman–Crippen LogP) is 5.80. The summed E-state index contributed by atoms with van der Waals surface area (Å²) in [6, 6.07) is 21.8. The first-order valence-electron chi connectivity index (χ1n) is 10.3. The van der Waals surface area contributed by atoms with Gasteiger partial charge in [-0.05, 0) is 31.5 Å². The quantitative estimate of drug-likeness (QED) is 0.294. The van der Waals surface area contributed by atoms with Gasteiger partial charge in [-0.15, -0.1) is 10.2 Å². The molecule has 1 atom stereocenters. The van der Waals surface area contributed by atoms with Gasteiger partial charge in [0.2, 0.25) is 11.7 Å². The normalized spacial score (nSPS) is 12.2. The van der Waals surface area contributed by atoms with Crippen LogP contribution in [0.2, 0.25) is 0 Å². The largest absolute Gasteiger partial charge is 0.467 e. The van der Waals surface area contributed by atoms with Gasteiger partial charge in [0.25, 0.3) is 0 Å². The first kappa shape index (κ1) is 20.3. The van der Waals surface area contributed by atoms with Crippen molar-refractivity contribution in [2.24, 2.45) is 0 Å². The van der Waals surface area contributed by atoms with Crippen molar-refractivity contribution in [2.45, 2.75) is 30.8 Å². The van der Waals surface area contributed by atoms with Gasteiger partial charge in [-0.2, -0.15) is 4.98 Å². The number of aromatic nitrogens is 5. The van der Waals surface area contributed by atoms with E-state index in [1.54, 1.807) is 6.26 Å². The minimum absolute atomic E-state index is 0.107. The van der Waals surface area contributed by atoms with Crippen molar-refractivity contribution in [3.05, 3.63) is 90.2 Å². The van der Waals surface area contributed by atoms with E-state index in [2.05, 4.69) is 44.0 Å². The molecule has 0 radical (unpaired) electrons. The minimum Gasteiger partial charge on any atom is -0.467 e. The summed E-state index contributed by atoms with van der Waals surface area (Å²) in [6.45, 7) is 4.62. The molecule has 0 N–H and O–H groups in total.